The number of aromatic nitrogens is 2. The van der Waals surface area contributed by atoms with Crippen molar-refractivity contribution in [2.24, 2.45) is 0 Å². The predicted molar refractivity (Wildman–Crippen MR) is 84.0 cm³/mol. The van der Waals surface area contributed by atoms with Crippen molar-refractivity contribution in [2.45, 2.75) is 30.2 Å². The molecule has 0 saturated carbocycles. The average molecular weight is 338 g/mol. The molecule has 0 radical (unpaired) electrons. The maximum Gasteiger partial charge on any atom is 0.133 e. The average Bonchev–Trinajstić information content (AvgIpc) is 2.43. The highest BCUT2D eigenvalue weighted by Gasteiger charge is 2.10. The van der Waals surface area contributed by atoms with E-state index >= 15 is 0 Å². The molecule has 0 aliphatic rings. The van der Waals surface area contributed by atoms with E-state index in [1.54, 1.807) is 11.8 Å². The van der Waals surface area contributed by atoms with Gasteiger partial charge < -0.3 is 5.32 Å². The van der Waals surface area contributed by atoms with E-state index in [0.717, 1.165) is 33.1 Å². The van der Waals surface area contributed by atoms with Gasteiger partial charge in [-0.15, -0.1) is 0 Å². The van der Waals surface area contributed by atoms with Crippen LogP contribution in [0.3, 0.4) is 0 Å². The van der Waals surface area contributed by atoms with Crippen LogP contribution >= 0.6 is 27.7 Å². The van der Waals surface area contributed by atoms with Crippen LogP contribution in [0.15, 0.2) is 38.7 Å². The number of halogens is 1. The number of rotatable bonds is 4. The van der Waals surface area contributed by atoms with Crippen molar-refractivity contribution in [3.8, 4) is 0 Å². The third kappa shape index (κ3) is 3.48. The van der Waals surface area contributed by atoms with Crippen LogP contribution in [0.1, 0.15) is 18.3 Å². The minimum absolute atomic E-state index is 0.836. The lowest BCUT2D eigenvalue weighted by Gasteiger charge is -2.11. The monoisotopic (exact) mass is 337 g/mol. The first-order chi connectivity index (χ1) is 9.13. The van der Waals surface area contributed by atoms with Crippen molar-refractivity contribution in [2.75, 3.05) is 12.4 Å². The van der Waals surface area contributed by atoms with Crippen LogP contribution in [0.25, 0.3) is 0 Å². The fraction of sp³-hybridized carbons (Fsp3) is 0.286. The highest BCUT2D eigenvalue weighted by Crippen LogP contribution is 2.31. The van der Waals surface area contributed by atoms with E-state index in [0.29, 0.717) is 0 Å². The minimum Gasteiger partial charge on any atom is -0.373 e. The molecule has 1 heterocycles. The molecular weight excluding hydrogens is 322 g/mol. The Morgan fingerprint density at radius 3 is 2.47 bits per heavy atom. The smallest absolute Gasteiger partial charge is 0.133 e. The highest BCUT2D eigenvalue weighted by atomic mass is 79.9. The van der Waals surface area contributed by atoms with E-state index in [4.69, 9.17) is 0 Å². The first-order valence-corrected chi connectivity index (χ1v) is 7.73. The number of hydrogen-bond donors (Lipinski definition) is 1. The Balaban J connectivity index is 2.35. The highest BCUT2D eigenvalue weighted by molar-refractivity contribution is 9.10. The summed E-state index contributed by atoms with van der Waals surface area (Å²) in [6.07, 6.45) is 0.836. The van der Waals surface area contributed by atoms with Crippen molar-refractivity contribution in [3.63, 3.8) is 0 Å². The Hall–Kier alpha value is -1.07. The molecule has 0 unspecified atom stereocenters. The van der Waals surface area contributed by atoms with Crippen LogP contribution in [0.4, 0.5) is 5.82 Å². The molecule has 0 saturated heterocycles. The summed E-state index contributed by atoms with van der Waals surface area (Å²) in [5, 5.41) is 4.15. The van der Waals surface area contributed by atoms with Gasteiger partial charge in [0, 0.05) is 28.4 Å². The molecule has 3 nitrogen and oxygen atoms in total. The Morgan fingerprint density at radius 1 is 1.21 bits per heavy atom. The van der Waals surface area contributed by atoms with E-state index in [1.807, 2.05) is 26.1 Å². The van der Waals surface area contributed by atoms with E-state index < -0.39 is 0 Å². The summed E-state index contributed by atoms with van der Waals surface area (Å²) in [6, 6.07) is 8.25. The van der Waals surface area contributed by atoms with Gasteiger partial charge in [-0.25, -0.2) is 9.97 Å². The number of nitrogens with one attached hydrogen (secondary N) is 1. The fourth-order valence-electron chi connectivity index (χ4n) is 1.66. The van der Waals surface area contributed by atoms with Gasteiger partial charge in [-0.05, 0) is 31.2 Å². The van der Waals surface area contributed by atoms with Crippen LogP contribution in [0.5, 0.6) is 0 Å². The Morgan fingerprint density at radius 2 is 1.89 bits per heavy atom. The summed E-state index contributed by atoms with van der Waals surface area (Å²) in [5.74, 6) is 1.78. The van der Waals surface area contributed by atoms with Crippen molar-refractivity contribution in [1.82, 2.24) is 9.97 Å². The maximum atomic E-state index is 4.62. The third-order valence-electron chi connectivity index (χ3n) is 2.73. The molecule has 1 aromatic carbocycles. The molecule has 1 aromatic heterocycles. The molecule has 100 valence electrons. The second-order valence-corrected chi connectivity index (χ2v) is 6.06. The molecule has 2 rings (SSSR count). The van der Waals surface area contributed by atoms with Gasteiger partial charge in [-0.3, -0.25) is 0 Å². The first kappa shape index (κ1) is 14.3. The van der Waals surface area contributed by atoms with Gasteiger partial charge in [0.15, 0.2) is 0 Å². The molecule has 0 atom stereocenters. The molecule has 1 N–H and O–H groups in total. The summed E-state index contributed by atoms with van der Waals surface area (Å²) in [7, 11) is 1.89. The molecule has 0 aliphatic carbocycles. The standard InChI is InChI=1S/C14H16BrN3S/c1-4-12-17-13(16-3)9(2)14(18-12)19-11-7-5-10(15)6-8-11/h5-8H,4H2,1-3H3,(H,16,17,18). The zero-order chi connectivity index (χ0) is 13.8. The quantitative estimate of drug-likeness (QED) is 0.844. The normalized spacial score (nSPS) is 10.5. The van der Waals surface area contributed by atoms with Crippen molar-refractivity contribution < 1.29 is 0 Å². The molecule has 0 aliphatic heterocycles. The van der Waals surface area contributed by atoms with Gasteiger partial charge >= 0.3 is 0 Å². The van der Waals surface area contributed by atoms with Gasteiger partial charge in [-0.1, -0.05) is 34.6 Å². The van der Waals surface area contributed by atoms with E-state index in [9.17, 15) is 0 Å². The molecular formula is C14H16BrN3S. The molecule has 2 aromatic rings. The van der Waals surface area contributed by atoms with Gasteiger partial charge in [0.1, 0.15) is 16.7 Å². The fourth-order valence-corrected chi connectivity index (χ4v) is 2.82. The summed E-state index contributed by atoms with van der Waals surface area (Å²) in [6.45, 7) is 4.12. The van der Waals surface area contributed by atoms with Crippen LogP contribution in [0.2, 0.25) is 0 Å². The van der Waals surface area contributed by atoms with Crippen LogP contribution in [0, 0.1) is 6.92 Å². The third-order valence-corrected chi connectivity index (χ3v) is 4.36. The lowest BCUT2D eigenvalue weighted by molar-refractivity contribution is 0.874. The molecule has 5 heteroatoms. The molecule has 19 heavy (non-hydrogen) atoms. The van der Waals surface area contributed by atoms with E-state index in [2.05, 4.69) is 50.3 Å². The lowest BCUT2D eigenvalue weighted by atomic mass is 10.3. The van der Waals surface area contributed by atoms with Crippen molar-refractivity contribution in [3.05, 3.63) is 40.1 Å². The van der Waals surface area contributed by atoms with Gasteiger partial charge in [0.05, 0.1) is 0 Å². The van der Waals surface area contributed by atoms with Crippen LogP contribution in [-0.2, 0) is 6.42 Å². The molecule has 0 spiro atoms. The second kappa shape index (κ2) is 6.39. The van der Waals surface area contributed by atoms with Crippen molar-refractivity contribution in [1.29, 1.82) is 0 Å². The Kier molecular flexibility index (Phi) is 4.82. The largest absolute Gasteiger partial charge is 0.373 e. The summed E-state index contributed by atoms with van der Waals surface area (Å²) < 4.78 is 1.08. The van der Waals surface area contributed by atoms with E-state index in [-0.39, 0.29) is 0 Å². The number of hydrogen-bond acceptors (Lipinski definition) is 4. The Labute approximate surface area is 126 Å². The number of anilines is 1. The summed E-state index contributed by atoms with van der Waals surface area (Å²) in [4.78, 5) is 10.3. The van der Waals surface area contributed by atoms with Crippen LogP contribution < -0.4 is 5.32 Å². The number of benzene rings is 1. The van der Waals surface area contributed by atoms with Crippen molar-refractivity contribution >= 4 is 33.5 Å². The number of nitrogens with zero attached hydrogens (tertiary/aromatic N) is 2. The predicted octanol–water partition coefficient (Wildman–Crippen LogP) is 4.30. The molecule has 0 bridgehead atoms. The number of aryl methyl sites for hydroxylation is 1. The topological polar surface area (TPSA) is 37.8 Å². The summed E-state index contributed by atoms with van der Waals surface area (Å²) in [5.41, 5.74) is 1.09. The molecule has 0 amide bonds. The van der Waals surface area contributed by atoms with E-state index in [1.165, 1.54) is 4.90 Å². The SMILES string of the molecule is CCc1nc(NC)c(C)c(Sc2ccc(Br)cc2)n1. The van der Waals surface area contributed by atoms with Gasteiger partial charge in [-0.2, -0.15) is 0 Å². The zero-order valence-corrected chi connectivity index (χ0v) is 13.6. The Bertz CT molecular complexity index is 570. The van der Waals surface area contributed by atoms with Gasteiger partial charge in [0.25, 0.3) is 0 Å². The minimum atomic E-state index is 0.836. The van der Waals surface area contributed by atoms with Gasteiger partial charge in [0.2, 0.25) is 0 Å². The maximum absolute atomic E-state index is 4.62. The summed E-state index contributed by atoms with van der Waals surface area (Å²) >= 11 is 5.12. The molecule has 0 fully saturated rings. The second-order valence-electron chi connectivity index (χ2n) is 4.08. The lowest BCUT2D eigenvalue weighted by Crippen LogP contribution is -2.03. The van der Waals surface area contributed by atoms with Crippen LogP contribution in [-0.4, -0.2) is 17.0 Å². The first-order valence-electron chi connectivity index (χ1n) is 6.12. The zero-order valence-electron chi connectivity index (χ0n) is 11.2.